The lowest BCUT2D eigenvalue weighted by Crippen LogP contribution is -2.49. The first-order valence-corrected chi connectivity index (χ1v) is 9.42. The van der Waals surface area contributed by atoms with Crippen molar-refractivity contribution in [2.24, 2.45) is 5.16 Å². The standard InChI is InChI=1S/C20H23N3O4/c24-19(12-16-11-14-5-1-2-8-18(14)27-16)23-10-4-7-17(23)20(25)22-9-3-6-15(22)13-21-26/h1-2,5,8,11,13,15,17,26H,3-4,6-7,9-10,12H2/t15-,17+/m0/s1. The molecule has 2 aliphatic rings. The number of hydrogen-bond acceptors (Lipinski definition) is 5. The maximum absolute atomic E-state index is 13.0. The Kier molecular flexibility index (Phi) is 4.83. The van der Waals surface area contributed by atoms with E-state index < -0.39 is 6.04 Å². The van der Waals surface area contributed by atoms with Crippen LogP contribution in [0.15, 0.2) is 39.9 Å². The minimum Gasteiger partial charge on any atom is -0.461 e. The van der Waals surface area contributed by atoms with Gasteiger partial charge in [-0.1, -0.05) is 23.4 Å². The normalized spacial score (nSPS) is 23.0. The average molecular weight is 369 g/mol. The highest BCUT2D eigenvalue weighted by atomic mass is 16.4. The average Bonchev–Trinajstić information content (AvgIpc) is 3.40. The van der Waals surface area contributed by atoms with Crippen molar-refractivity contribution in [2.75, 3.05) is 13.1 Å². The molecule has 0 radical (unpaired) electrons. The van der Waals surface area contributed by atoms with Crippen molar-refractivity contribution in [3.05, 3.63) is 36.1 Å². The SMILES string of the molecule is O=C([C@H]1CCCN1C(=O)Cc1cc2ccccc2o1)N1CCC[C@H]1C=NO. The van der Waals surface area contributed by atoms with E-state index in [1.54, 1.807) is 9.80 Å². The van der Waals surface area contributed by atoms with Crippen LogP contribution in [0.2, 0.25) is 0 Å². The lowest BCUT2D eigenvalue weighted by atomic mass is 10.1. The number of fused-ring (bicyclic) bond motifs is 1. The Bertz CT molecular complexity index is 842. The molecule has 2 amide bonds. The van der Waals surface area contributed by atoms with E-state index in [0.717, 1.165) is 30.2 Å². The third-order valence-electron chi connectivity index (χ3n) is 5.48. The number of furan rings is 1. The molecule has 4 rings (SSSR count). The Labute approximate surface area is 157 Å². The van der Waals surface area contributed by atoms with Crippen LogP contribution in [0.1, 0.15) is 31.4 Å². The van der Waals surface area contributed by atoms with Crippen molar-refractivity contribution in [1.29, 1.82) is 0 Å². The molecule has 7 heteroatoms. The van der Waals surface area contributed by atoms with Crippen LogP contribution in [0.4, 0.5) is 0 Å². The first-order valence-electron chi connectivity index (χ1n) is 9.42. The summed E-state index contributed by atoms with van der Waals surface area (Å²) in [5, 5.41) is 12.9. The van der Waals surface area contributed by atoms with Crippen LogP contribution >= 0.6 is 0 Å². The summed E-state index contributed by atoms with van der Waals surface area (Å²) in [4.78, 5) is 29.3. The molecule has 7 nitrogen and oxygen atoms in total. The van der Waals surface area contributed by atoms with Gasteiger partial charge in [-0.25, -0.2) is 0 Å². The summed E-state index contributed by atoms with van der Waals surface area (Å²) >= 11 is 0. The molecule has 2 atom stereocenters. The smallest absolute Gasteiger partial charge is 0.245 e. The molecule has 2 fully saturated rings. The summed E-state index contributed by atoms with van der Waals surface area (Å²) in [5.74, 6) is 0.482. The van der Waals surface area contributed by atoms with Crippen LogP contribution in [-0.4, -0.2) is 58.2 Å². The number of carbonyl (C=O) groups excluding carboxylic acids is 2. The van der Waals surface area contributed by atoms with Crippen molar-refractivity contribution in [2.45, 2.75) is 44.2 Å². The highest BCUT2D eigenvalue weighted by molar-refractivity contribution is 5.91. The predicted octanol–water partition coefficient (Wildman–Crippen LogP) is 2.42. The molecule has 0 saturated carbocycles. The van der Waals surface area contributed by atoms with Crippen molar-refractivity contribution >= 4 is 29.0 Å². The number of nitrogens with zero attached hydrogens (tertiary/aromatic N) is 3. The van der Waals surface area contributed by atoms with Crippen LogP contribution < -0.4 is 0 Å². The zero-order valence-corrected chi connectivity index (χ0v) is 15.1. The minimum atomic E-state index is -0.436. The molecule has 2 saturated heterocycles. The van der Waals surface area contributed by atoms with Crippen LogP contribution in [0.5, 0.6) is 0 Å². The van der Waals surface area contributed by atoms with Crippen molar-refractivity contribution < 1.29 is 19.2 Å². The quantitative estimate of drug-likeness (QED) is 0.509. The fourth-order valence-electron chi connectivity index (χ4n) is 4.19. The van der Waals surface area contributed by atoms with Gasteiger partial charge in [-0.15, -0.1) is 0 Å². The molecule has 3 heterocycles. The molecule has 0 spiro atoms. The van der Waals surface area contributed by atoms with Gasteiger partial charge >= 0.3 is 0 Å². The lowest BCUT2D eigenvalue weighted by Gasteiger charge is -2.30. The Morgan fingerprint density at radius 3 is 2.78 bits per heavy atom. The molecular weight excluding hydrogens is 346 g/mol. The fraction of sp³-hybridized carbons (Fsp3) is 0.450. The molecule has 1 aromatic carbocycles. The highest BCUT2D eigenvalue weighted by Crippen LogP contribution is 2.26. The van der Waals surface area contributed by atoms with Gasteiger partial charge < -0.3 is 19.4 Å². The molecule has 1 aromatic heterocycles. The Morgan fingerprint density at radius 1 is 1.19 bits per heavy atom. The Morgan fingerprint density at radius 2 is 1.96 bits per heavy atom. The second-order valence-corrected chi connectivity index (χ2v) is 7.18. The van der Waals surface area contributed by atoms with Gasteiger partial charge in [-0.3, -0.25) is 9.59 Å². The van der Waals surface area contributed by atoms with E-state index in [0.29, 0.717) is 25.3 Å². The maximum Gasteiger partial charge on any atom is 0.245 e. The lowest BCUT2D eigenvalue weighted by molar-refractivity contribution is -0.143. The topological polar surface area (TPSA) is 86.4 Å². The molecule has 142 valence electrons. The number of amides is 2. The molecule has 0 bridgehead atoms. The highest BCUT2D eigenvalue weighted by Gasteiger charge is 2.39. The van der Waals surface area contributed by atoms with Gasteiger partial charge in [0.05, 0.1) is 18.7 Å². The predicted molar refractivity (Wildman–Crippen MR) is 99.7 cm³/mol. The van der Waals surface area contributed by atoms with Gasteiger partial charge in [0.1, 0.15) is 17.4 Å². The minimum absolute atomic E-state index is 0.0483. The fourth-order valence-corrected chi connectivity index (χ4v) is 4.19. The van der Waals surface area contributed by atoms with E-state index in [1.165, 1.54) is 6.21 Å². The Hall–Kier alpha value is -2.83. The summed E-state index contributed by atoms with van der Waals surface area (Å²) in [7, 11) is 0. The number of likely N-dealkylation sites (tertiary alicyclic amines) is 2. The summed E-state index contributed by atoms with van der Waals surface area (Å²) in [6.45, 7) is 1.22. The zero-order valence-electron chi connectivity index (χ0n) is 15.1. The third-order valence-corrected chi connectivity index (χ3v) is 5.48. The summed E-state index contributed by atoms with van der Waals surface area (Å²) < 4.78 is 5.75. The second kappa shape index (κ2) is 7.42. The second-order valence-electron chi connectivity index (χ2n) is 7.18. The first-order chi connectivity index (χ1) is 13.2. The van der Waals surface area contributed by atoms with Gasteiger partial charge in [0.15, 0.2) is 0 Å². The van der Waals surface area contributed by atoms with Crippen molar-refractivity contribution in [3.8, 4) is 0 Å². The molecule has 27 heavy (non-hydrogen) atoms. The van der Waals surface area contributed by atoms with Gasteiger partial charge in [0.2, 0.25) is 11.8 Å². The van der Waals surface area contributed by atoms with Gasteiger partial charge in [0.25, 0.3) is 0 Å². The zero-order chi connectivity index (χ0) is 18.8. The van der Waals surface area contributed by atoms with Crippen LogP contribution in [0.25, 0.3) is 11.0 Å². The summed E-state index contributed by atoms with van der Waals surface area (Å²) in [5.41, 5.74) is 0.762. The number of rotatable bonds is 4. The summed E-state index contributed by atoms with van der Waals surface area (Å²) in [6.07, 6.45) is 4.71. The van der Waals surface area contributed by atoms with Crippen LogP contribution in [0.3, 0.4) is 0 Å². The monoisotopic (exact) mass is 369 g/mol. The summed E-state index contributed by atoms with van der Waals surface area (Å²) in [6, 6.07) is 8.92. The van der Waals surface area contributed by atoms with Crippen molar-refractivity contribution in [3.63, 3.8) is 0 Å². The third kappa shape index (κ3) is 3.41. The molecular formula is C20H23N3O4. The van der Waals surface area contributed by atoms with E-state index >= 15 is 0 Å². The number of hydrogen-bond donors (Lipinski definition) is 1. The molecule has 1 N–H and O–H groups in total. The van der Waals surface area contributed by atoms with Gasteiger partial charge in [-0.2, -0.15) is 0 Å². The Balaban J connectivity index is 1.47. The number of oxime groups is 1. The van der Waals surface area contributed by atoms with E-state index in [9.17, 15) is 9.59 Å². The molecule has 2 aromatic rings. The first kappa shape index (κ1) is 17.6. The number of carbonyl (C=O) groups is 2. The number of para-hydroxylation sites is 1. The molecule has 2 aliphatic heterocycles. The molecule has 0 unspecified atom stereocenters. The molecule has 0 aliphatic carbocycles. The van der Waals surface area contributed by atoms with Crippen LogP contribution in [0, 0.1) is 0 Å². The van der Waals surface area contributed by atoms with Gasteiger partial charge in [0, 0.05) is 18.5 Å². The van der Waals surface area contributed by atoms with E-state index in [-0.39, 0.29) is 24.3 Å². The van der Waals surface area contributed by atoms with Crippen LogP contribution in [-0.2, 0) is 16.0 Å². The van der Waals surface area contributed by atoms with Gasteiger partial charge in [-0.05, 0) is 37.8 Å². The largest absolute Gasteiger partial charge is 0.461 e. The van der Waals surface area contributed by atoms with E-state index in [1.807, 2.05) is 30.3 Å². The number of benzene rings is 1. The van der Waals surface area contributed by atoms with Crippen molar-refractivity contribution in [1.82, 2.24) is 9.80 Å². The van der Waals surface area contributed by atoms with E-state index in [4.69, 9.17) is 9.62 Å². The maximum atomic E-state index is 13.0. The van der Waals surface area contributed by atoms with E-state index in [2.05, 4.69) is 5.16 Å².